The van der Waals surface area contributed by atoms with Gasteiger partial charge in [0.2, 0.25) is 0 Å². The summed E-state index contributed by atoms with van der Waals surface area (Å²) < 4.78 is 21.8. The molecule has 1 fully saturated rings. The summed E-state index contributed by atoms with van der Waals surface area (Å²) in [5, 5.41) is 14.0. The molecule has 1 aliphatic heterocycles. The van der Waals surface area contributed by atoms with Crippen LogP contribution in [-0.2, 0) is 7.05 Å². The summed E-state index contributed by atoms with van der Waals surface area (Å²) in [7, 11) is 1.70. The van der Waals surface area contributed by atoms with Gasteiger partial charge in [-0.2, -0.15) is 10.1 Å². The number of aromatic nitrogens is 4. The number of amides is 3. The minimum Gasteiger partial charge on any atom is -0.462 e. The van der Waals surface area contributed by atoms with E-state index in [9.17, 15) is 14.0 Å². The third-order valence-electron chi connectivity index (χ3n) is 6.06. The van der Waals surface area contributed by atoms with Crippen LogP contribution >= 0.6 is 0 Å². The number of carbonyl (C=O) groups is 2. The molecule has 5 N–H and O–H groups in total. The number of ether oxygens (including phenoxy) is 1. The molecule has 0 radical (unpaired) electrons. The van der Waals surface area contributed by atoms with Crippen molar-refractivity contribution < 1.29 is 18.7 Å². The van der Waals surface area contributed by atoms with Gasteiger partial charge in [0.05, 0.1) is 17.6 Å². The Morgan fingerprint density at radius 1 is 1.32 bits per heavy atom. The van der Waals surface area contributed by atoms with Crippen molar-refractivity contribution in [2.45, 2.75) is 13.0 Å². The first-order chi connectivity index (χ1) is 18.3. The van der Waals surface area contributed by atoms with Gasteiger partial charge in [0.1, 0.15) is 12.1 Å². The minimum absolute atomic E-state index is 0.0679. The number of hydrogen-bond acceptors (Lipinski definition) is 8. The fraction of sp³-hybridized carbons (Fsp3) is 0.320. The van der Waals surface area contributed by atoms with Crippen LogP contribution in [0.1, 0.15) is 17.3 Å². The normalized spacial score (nSPS) is 14.1. The largest absolute Gasteiger partial charge is 0.462 e. The number of hydrogen-bond donors (Lipinski definition) is 4. The van der Waals surface area contributed by atoms with Gasteiger partial charge in [-0.1, -0.05) is 0 Å². The molecule has 0 spiro atoms. The fourth-order valence-electron chi connectivity index (χ4n) is 4.24. The second kappa shape index (κ2) is 10.5. The Morgan fingerprint density at radius 2 is 2.16 bits per heavy atom. The molecule has 3 amide bonds. The first-order valence-corrected chi connectivity index (χ1v) is 12.2. The Hall–Kier alpha value is -4.52. The Kier molecular flexibility index (Phi) is 6.92. The van der Waals surface area contributed by atoms with E-state index in [2.05, 4.69) is 31.0 Å². The summed E-state index contributed by atoms with van der Waals surface area (Å²) in [5.74, 6) is -1.02. The molecule has 1 atom stereocenters. The molecule has 38 heavy (non-hydrogen) atoms. The van der Waals surface area contributed by atoms with Crippen LogP contribution in [0.2, 0.25) is 0 Å². The van der Waals surface area contributed by atoms with E-state index in [-0.39, 0.29) is 41.5 Å². The molecule has 4 aromatic rings. The number of nitrogens with one attached hydrogen (secondary N) is 3. The summed E-state index contributed by atoms with van der Waals surface area (Å²) in [6, 6.07) is 6.09. The van der Waals surface area contributed by atoms with E-state index < -0.39 is 11.7 Å². The Labute approximate surface area is 217 Å². The average Bonchev–Trinajstić information content (AvgIpc) is 3.46. The summed E-state index contributed by atoms with van der Waals surface area (Å²) in [6.45, 7) is 4.13. The zero-order valence-electron chi connectivity index (χ0n) is 21.0. The van der Waals surface area contributed by atoms with Crippen LogP contribution in [-0.4, -0.2) is 75.4 Å². The number of halogens is 1. The van der Waals surface area contributed by atoms with E-state index in [0.717, 1.165) is 0 Å². The zero-order chi connectivity index (χ0) is 26.8. The molecule has 3 heterocycles. The molecular formula is C25H28FN9O3. The van der Waals surface area contributed by atoms with Crippen LogP contribution in [0.25, 0.3) is 21.8 Å². The second-order valence-electron chi connectivity index (χ2n) is 9.15. The van der Waals surface area contributed by atoms with E-state index in [0.29, 0.717) is 48.2 Å². The smallest absolute Gasteiger partial charge is 0.317 e. The number of aryl methyl sites for hydroxylation is 1. The van der Waals surface area contributed by atoms with Crippen LogP contribution in [0, 0.1) is 5.82 Å². The lowest BCUT2D eigenvalue weighted by Gasteiger charge is -2.16. The number of nitrogens with zero attached hydrogens (tertiary/aromatic N) is 5. The summed E-state index contributed by atoms with van der Waals surface area (Å²) in [5.41, 5.74) is 7.72. The third kappa shape index (κ3) is 5.27. The molecule has 1 saturated heterocycles. The van der Waals surface area contributed by atoms with Gasteiger partial charge in [-0.15, -0.1) is 0 Å². The molecule has 13 heteroatoms. The Balaban J connectivity index is 1.43. The predicted molar refractivity (Wildman–Crippen MR) is 141 cm³/mol. The summed E-state index contributed by atoms with van der Waals surface area (Å²) in [4.78, 5) is 35.5. The number of benzene rings is 2. The van der Waals surface area contributed by atoms with Crippen LogP contribution < -0.4 is 26.4 Å². The van der Waals surface area contributed by atoms with Crippen molar-refractivity contribution in [3.8, 4) is 6.01 Å². The first kappa shape index (κ1) is 25.1. The highest BCUT2D eigenvalue weighted by atomic mass is 19.1. The highest BCUT2D eigenvalue weighted by Gasteiger charge is 2.20. The number of carbonyl (C=O) groups excluding carboxylic acids is 2. The van der Waals surface area contributed by atoms with E-state index in [1.807, 2.05) is 6.92 Å². The standard InChI is InChI=1S/C25H28FN9O3/c1-14(27)11-29-20-4-3-17(23(36)31-16-9-15-13-34(2)33-21(15)19(26)10-16)22-18(20)12-30-24(32-22)38-8-7-35-6-5-28-25(35)37/h3-4,9-10,12-14,29H,5-8,11,27H2,1-2H3,(H,28,37)(H,31,36)/t14-/m1/s1. The molecule has 198 valence electrons. The zero-order valence-corrected chi connectivity index (χ0v) is 21.0. The van der Waals surface area contributed by atoms with Crippen molar-refractivity contribution in [1.29, 1.82) is 0 Å². The van der Waals surface area contributed by atoms with Gasteiger partial charge in [-0.3, -0.25) is 9.48 Å². The van der Waals surface area contributed by atoms with Crippen molar-refractivity contribution in [2.75, 3.05) is 43.4 Å². The fourth-order valence-corrected chi connectivity index (χ4v) is 4.24. The summed E-state index contributed by atoms with van der Waals surface area (Å²) >= 11 is 0. The van der Waals surface area contributed by atoms with Crippen molar-refractivity contribution in [3.63, 3.8) is 0 Å². The molecule has 2 aromatic carbocycles. The number of rotatable bonds is 9. The van der Waals surface area contributed by atoms with E-state index in [1.54, 1.807) is 42.5 Å². The Morgan fingerprint density at radius 3 is 2.92 bits per heavy atom. The number of urea groups is 1. The van der Waals surface area contributed by atoms with E-state index >= 15 is 0 Å². The quantitative estimate of drug-likeness (QED) is 0.261. The van der Waals surface area contributed by atoms with Gasteiger partial charge in [-0.25, -0.2) is 14.2 Å². The lowest BCUT2D eigenvalue weighted by Crippen LogP contribution is -2.32. The molecule has 0 aliphatic carbocycles. The number of nitrogens with two attached hydrogens (primary N) is 1. The number of anilines is 2. The van der Waals surface area contributed by atoms with Gasteiger partial charge in [-0.05, 0) is 31.2 Å². The maximum atomic E-state index is 14.6. The SMILES string of the molecule is C[C@@H](N)CNc1ccc(C(=O)Nc2cc(F)c3nn(C)cc3c2)c2nc(OCCN3CCNC3=O)ncc12. The lowest BCUT2D eigenvalue weighted by molar-refractivity contribution is 0.102. The van der Waals surface area contributed by atoms with Gasteiger partial charge in [0.25, 0.3) is 5.91 Å². The van der Waals surface area contributed by atoms with Crippen molar-refractivity contribution >= 4 is 45.1 Å². The van der Waals surface area contributed by atoms with Crippen LogP contribution in [0.4, 0.5) is 20.6 Å². The monoisotopic (exact) mass is 521 g/mol. The van der Waals surface area contributed by atoms with Crippen molar-refractivity contribution in [2.24, 2.45) is 12.8 Å². The van der Waals surface area contributed by atoms with Crippen LogP contribution in [0.3, 0.4) is 0 Å². The molecule has 0 saturated carbocycles. The van der Waals surface area contributed by atoms with Gasteiger partial charge in [0, 0.05) is 67.3 Å². The maximum absolute atomic E-state index is 14.6. The molecule has 1 aliphatic rings. The highest BCUT2D eigenvalue weighted by Crippen LogP contribution is 2.28. The number of fused-ring (bicyclic) bond motifs is 2. The topological polar surface area (TPSA) is 152 Å². The summed E-state index contributed by atoms with van der Waals surface area (Å²) in [6.07, 6.45) is 3.24. The van der Waals surface area contributed by atoms with Crippen LogP contribution in [0.5, 0.6) is 6.01 Å². The van der Waals surface area contributed by atoms with Gasteiger partial charge >= 0.3 is 12.0 Å². The predicted octanol–water partition coefficient (Wildman–Crippen LogP) is 2.07. The molecule has 5 rings (SSSR count). The third-order valence-corrected chi connectivity index (χ3v) is 6.06. The Bertz CT molecular complexity index is 1520. The molecule has 0 unspecified atom stereocenters. The molecule has 0 bridgehead atoms. The van der Waals surface area contributed by atoms with E-state index in [1.165, 1.54) is 10.7 Å². The van der Waals surface area contributed by atoms with E-state index in [4.69, 9.17) is 10.5 Å². The van der Waals surface area contributed by atoms with Crippen molar-refractivity contribution in [1.82, 2.24) is 30.0 Å². The van der Waals surface area contributed by atoms with Crippen LogP contribution in [0.15, 0.2) is 36.7 Å². The maximum Gasteiger partial charge on any atom is 0.317 e. The molecule has 12 nitrogen and oxygen atoms in total. The molecule has 2 aromatic heterocycles. The average molecular weight is 522 g/mol. The van der Waals surface area contributed by atoms with Crippen molar-refractivity contribution in [3.05, 3.63) is 48.0 Å². The molecular weight excluding hydrogens is 493 g/mol. The van der Waals surface area contributed by atoms with Gasteiger partial charge in [0.15, 0.2) is 5.82 Å². The minimum atomic E-state index is -0.539. The second-order valence-corrected chi connectivity index (χ2v) is 9.15. The highest BCUT2D eigenvalue weighted by molar-refractivity contribution is 6.14. The van der Waals surface area contributed by atoms with Gasteiger partial charge < -0.3 is 31.3 Å². The first-order valence-electron chi connectivity index (χ1n) is 12.2. The lowest BCUT2D eigenvalue weighted by atomic mass is 10.1.